The van der Waals surface area contributed by atoms with Crippen LogP contribution in [-0.2, 0) is 5.41 Å². The molecule has 0 N–H and O–H groups in total. The van der Waals surface area contributed by atoms with Crippen LogP contribution in [0.5, 0.6) is 0 Å². The van der Waals surface area contributed by atoms with Gasteiger partial charge in [-0.2, -0.15) is 0 Å². The quantitative estimate of drug-likeness (QED) is 0.173. The van der Waals surface area contributed by atoms with E-state index in [1.807, 2.05) is 23.5 Å². The van der Waals surface area contributed by atoms with Crippen molar-refractivity contribution < 1.29 is 1.37 Å². The van der Waals surface area contributed by atoms with Gasteiger partial charge in [0.1, 0.15) is 0 Å². The molecule has 0 radical (unpaired) electrons. The van der Waals surface area contributed by atoms with E-state index in [9.17, 15) is 0 Å². The summed E-state index contributed by atoms with van der Waals surface area (Å²) in [4.78, 5) is 0. The van der Waals surface area contributed by atoms with Gasteiger partial charge in [0.15, 0.2) is 0 Å². The van der Waals surface area contributed by atoms with E-state index in [-0.39, 0.29) is 5.41 Å². The highest BCUT2D eigenvalue weighted by Gasteiger charge is 2.19. The molecule has 0 aliphatic carbocycles. The Labute approximate surface area is 281 Å². The van der Waals surface area contributed by atoms with Gasteiger partial charge in [-0.1, -0.05) is 154 Å². The molecule has 1 aromatic heterocycles. The number of thiophene rings is 1. The first-order valence-electron chi connectivity index (χ1n) is 16.8. The molecule has 0 saturated carbocycles. The Kier molecular flexibility index (Phi) is 6.11. The molecule has 1 heterocycles. The van der Waals surface area contributed by atoms with E-state index in [0.29, 0.717) is 6.04 Å². The van der Waals surface area contributed by atoms with Crippen molar-refractivity contribution >= 4 is 63.8 Å². The van der Waals surface area contributed by atoms with Crippen LogP contribution < -0.4 is 0 Å². The summed E-state index contributed by atoms with van der Waals surface area (Å²) in [6.07, 6.45) is 0. The summed E-state index contributed by atoms with van der Waals surface area (Å²) >= 11 is 1.90. The van der Waals surface area contributed by atoms with E-state index < -0.39 is 0 Å². The van der Waals surface area contributed by atoms with Crippen LogP contribution in [0, 0.1) is 0 Å². The predicted molar refractivity (Wildman–Crippen MR) is 207 cm³/mol. The zero-order valence-corrected chi connectivity index (χ0v) is 27.6. The number of rotatable bonds is 3. The van der Waals surface area contributed by atoms with E-state index in [0.717, 1.165) is 10.8 Å². The topological polar surface area (TPSA) is 0 Å². The van der Waals surface area contributed by atoms with Gasteiger partial charge in [-0.15, -0.1) is 11.3 Å². The molecule has 0 spiro atoms. The Morgan fingerprint density at radius 2 is 1.11 bits per heavy atom. The first kappa shape index (κ1) is 26.9. The Balaban J connectivity index is 1.21. The van der Waals surface area contributed by atoms with Crippen LogP contribution >= 0.6 is 11.3 Å². The molecule has 224 valence electrons. The Morgan fingerprint density at radius 3 is 1.79 bits per heavy atom. The highest BCUT2D eigenvalue weighted by Crippen LogP contribution is 2.45. The van der Waals surface area contributed by atoms with E-state index in [1.54, 1.807) is 0 Å². The van der Waals surface area contributed by atoms with Crippen LogP contribution in [0.3, 0.4) is 0 Å². The Morgan fingerprint density at radius 1 is 0.468 bits per heavy atom. The monoisotopic (exact) mass is 619 g/mol. The average molecular weight is 620 g/mol. The second kappa shape index (κ2) is 10.7. The lowest BCUT2D eigenvalue weighted by atomic mass is 9.85. The smallest absolute Gasteiger partial charge is 0.0623 e. The lowest BCUT2D eigenvalue weighted by molar-refractivity contribution is 0.591. The second-order valence-electron chi connectivity index (χ2n) is 13.6. The molecular formula is C46H34S. The van der Waals surface area contributed by atoms with Crippen molar-refractivity contribution in [2.45, 2.75) is 26.2 Å². The molecule has 0 aliphatic rings. The maximum Gasteiger partial charge on any atom is 0.0623 e. The van der Waals surface area contributed by atoms with E-state index in [1.165, 1.54) is 80.7 Å². The van der Waals surface area contributed by atoms with Gasteiger partial charge in [0.2, 0.25) is 0 Å². The highest BCUT2D eigenvalue weighted by molar-refractivity contribution is 7.26. The van der Waals surface area contributed by atoms with Crippen molar-refractivity contribution in [2.24, 2.45) is 0 Å². The largest absolute Gasteiger partial charge is 0.135 e. The lowest BCUT2D eigenvalue weighted by Crippen LogP contribution is -2.10. The third-order valence-corrected chi connectivity index (χ3v) is 10.9. The van der Waals surface area contributed by atoms with Crippen LogP contribution in [0.15, 0.2) is 152 Å². The lowest BCUT2D eigenvalue weighted by Gasteiger charge is -2.19. The van der Waals surface area contributed by atoms with Gasteiger partial charge in [0.05, 0.1) is 1.37 Å². The van der Waals surface area contributed by atoms with Crippen molar-refractivity contribution in [1.29, 1.82) is 0 Å². The minimum atomic E-state index is 0.123. The average Bonchev–Trinajstić information content (AvgIpc) is 3.48. The molecule has 0 fully saturated rings. The van der Waals surface area contributed by atoms with Crippen LogP contribution in [-0.4, -0.2) is 0 Å². The summed E-state index contributed by atoms with van der Waals surface area (Å²) in [7, 11) is 0. The fraction of sp³-hybridized carbons (Fsp3) is 0.0870. The Bertz CT molecular complexity index is 2650. The molecule has 1 heteroatoms. The van der Waals surface area contributed by atoms with Gasteiger partial charge in [-0.05, 0) is 94.9 Å². The van der Waals surface area contributed by atoms with Crippen LogP contribution in [0.25, 0.3) is 85.9 Å². The third-order valence-electron chi connectivity index (χ3n) is 9.75. The van der Waals surface area contributed by atoms with E-state index in [2.05, 4.69) is 154 Å². The zero-order valence-electron chi connectivity index (χ0n) is 27.8. The molecule has 0 amide bonds. The first-order valence-corrected chi connectivity index (χ1v) is 17.2. The molecular weight excluding hydrogens is 585 g/mol. The first-order chi connectivity index (χ1) is 23.3. The molecule has 9 rings (SSSR count). The normalized spacial score (nSPS) is 12.4. The highest BCUT2D eigenvalue weighted by atomic mass is 32.1. The minimum Gasteiger partial charge on any atom is -0.135 e. The number of hydrogen-bond donors (Lipinski definition) is 0. The summed E-state index contributed by atoms with van der Waals surface area (Å²) < 4.78 is 10.8. The van der Waals surface area contributed by atoms with Crippen molar-refractivity contribution in [3.8, 4) is 33.4 Å². The molecule has 9 aromatic rings. The van der Waals surface area contributed by atoms with Gasteiger partial charge in [-0.25, -0.2) is 0 Å². The molecule has 0 bridgehead atoms. The van der Waals surface area contributed by atoms with Crippen molar-refractivity contribution in [3.63, 3.8) is 0 Å². The Hall–Kier alpha value is -5.24. The van der Waals surface area contributed by atoms with Crippen molar-refractivity contribution in [1.82, 2.24) is 0 Å². The van der Waals surface area contributed by atoms with Crippen molar-refractivity contribution in [2.75, 3.05) is 0 Å². The summed E-state index contributed by atoms with van der Waals surface area (Å²) in [6, 6.07) is 53.7. The SMILES string of the molecule is [2H]c1ccc2cc(-c3c4ccccc4c(-c4ccc(-c5cccc6sc7cc(C(C)(C)C)ccc7c56)cc4)c4ccccc34)ccc2c1. The zero-order chi connectivity index (χ0) is 32.6. The van der Waals surface area contributed by atoms with Gasteiger partial charge in [0, 0.05) is 20.2 Å². The van der Waals surface area contributed by atoms with E-state index >= 15 is 0 Å². The summed E-state index contributed by atoms with van der Waals surface area (Å²) in [5.74, 6) is 0. The van der Waals surface area contributed by atoms with Crippen LogP contribution in [0.2, 0.25) is 0 Å². The number of hydrogen-bond acceptors (Lipinski definition) is 1. The number of fused-ring (bicyclic) bond motifs is 6. The predicted octanol–water partition coefficient (Wildman–Crippen LogP) is 13.8. The van der Waals surface area contributed by atoms with Crippen molar-refractivity contribution in [3.05, 3.63) is 157 Å². The summed E-state index contributed by atoms with van der Waals surface area (Å²) in [5, 5.41) is 9.93. The molecule has 0 nitrogen and oxygen atoms in total. The summed E-state index contributed by atoms with van der Waals surface area (Å²) in [5.41, 5.74) is 8.96. The summed E-state index contributed by atoms with van der Waals surface area (Å²) in [6.45, 7) is 6.85. The maximum atomic E-state index is 8.06. The fourth-order valence-electron chi connectivity index (χ4n) is 7.38. The van der Waals surface area contributed by atoms with Crippen LogP contribution in [0.4, 0.5) is 0 Å². The molecule has 0 saturated heterocycles. The fourth-order valence-corrected chi connectivity index (χ4v) is 8.55. The molecule has 47 heavy (non-hydrogen) atoms. The molecule has 8 aromatic carbocycles. The van der Waals surface area contributed by atoms with Gasteiger partial charge < -0.3 is 0 Å². The van der Waals surface area contributed by atoms with Gasteiger partial charge >= 0.3 is 0 Å². The molecule has 0 aliphatic heterocycles. The van der Waals surface area contributed by atoms with Gasteiger partial charge in [-0.3, -0.25) is 0 Å². The molecule has 0 unspecified atom stereocenters. The standard InChI is InChI=1S/C46H34S/c1-46(2,3)34-25-26-40-42(28-34)47-41-18-10-17-35(45(40)41)30-20-22-31(23-21-30)43-36-13-6-8-15-38(36)44(39-16-9-7-14-37(39)43)33-24-19-29-11-4-5-12-32(29)27-33/h4-28H,1-3H3/i4D. The molecule has 0 atom stereocenters. The second-order valence-corrected chi connectivity index (χ2v) is 14.7. The van der Waals surface area contributed by atoms with E-state index in [4.69, 9.17) is 1.37 Å². The van der Waals surface area contributed by atoms with Gasteiger partial charge in [0.25, 0.3) is 0 Å². The minimum absolute atomic E-state index is 0.123. The van der Waals surface area contributed by atoms with Crippen LogP contribution in [0.1, 0.15) is 27.7 Å². The maximum absolute atomic E-state index is 8.06. The number of benzene rings is 8. The third kappa shape index (κ3) is 4.57.